The highest BCUT2D eigenvalue weighted by molar-refractivity contribution is 6.21. The summed E-state index contributed by atoms with van der Waals surface area (Å²) in [7, 11) is 0. The lowest BCUT2D eigenvalue weighted by molar-refractivity contribution is -0.138. The Morgan fingerprint density at radius 1 is 1.10 bits per heavy atom. The van der Waals surface area contributed by atoms with Crippen molar-refractivity contribution in [2.45, 2.75) is 32.4 Å². The van der Waals surface area contributed by atoms with Crippen LogP contribution in [0.3, 0.4) is 0 Å². The van der Waals surface area contributed by atoms with E-state index in [1.54, 1.807) is 17.0 Å². The average Bonchev–Trinajstić information content (AvgIpc) is 3.47. The first kappa shape index (κ1) is 18.9. The molecule has 0 unspecified atom stereocenters. The Morgan fingerprint density at radius 2 is 1.83 bits per heavy atom. The van der Waals surface area contributed by atoms with Crippen molar-refractivity contribution in [3.8, 4) is 0 Å². The molecule has 4 rings (SSSR count). The maximum atomic E-state index is 12.7. The minimum atomic E-state index is -0.915. The van der Waals surface area contributed by atoms with Crippen LogP contribution in [0.5, 0.6) is 0 Å². The summed E-state index contributed by atoms with van der Waals surface area (Å²) in [6.07, 6.45) is 2.44. The van der Waals surface area contributed by atoms with E-state index in [4.69, 9.17) is 9.15 Å². The Hall–Kier alpha value is -3.42. The SMILES string of the molecule is C[C@H](OC(=O)c1ccc2c(c1)C(=O)N(Cc1ccco1)C2=O)C(=O)N1CCCC1. The van der Waals surface area contributed by atoms with E-state index in [9.17, 15) is 19.2 Å². The van der Waals surface area contributed by atoms with E-state index in [0.717, 1.165) is 17.7 Å². The Bertz CT molecular complexity index is 975. The van der Waals surface area contributed by atoms with Crippen LogP contribution in [-0.4, -0.2) is 52.7 Å². The average molecular weight is 396 g/mol. The number of carbonyl (C=O) groups is 4. The molecule has 2 aromatic rings. The van der Waals surface area contributed by atoms with Gasteiger partial charge < -0.3 is 14.1 Å². The summed E-state index contributed by atoms with van der Waals surface area (Å²) in [6.45, 7) is 2.88. The van der Waals surface area contributed by atoms with Gasteiger partial charge in [0.1, 0.15) is 5.76 Å². The van der Waals surface area contributed by atoms with Gasteiger partial charge in [-0.25, -0.2) is 4.79 Å². The lowest BCUT2D eigenvalue weighted by Gasteiger charge is -2.20. The number of hydrogen-bond donors (Lipinski definition) is 0. The molecule has 1 atom stereocenters. The minimum absolute atomic E-state index is 0.0144. The highest BCUT2D eigenvalue weighted by Gasteiger charge is 2.37. The van der Waals surface area contributed by atoms with E-state index in [1.807, 2.05) is 0 Å². The van der Waals surface area contributed by atoms with Gasteiger partial charge in [0, 0.05) is 13.1 Å². The van der Waals surface area contributed by atoms with Gasteiger partial charge in [-0.3, -0.25) is 19.3 Å². The van der Waals surface area contributed by atoms with Gasteiger partial charge in [-0.15, -0.1) is 0 Å². The van der Waals surface area contributed by atoms with Crippen LogP contribution < -0.4 is 0 Å². The highest BCUT2D eigenvalue weighted by Crippen LogP contribution is 2.26. The second-order valence-corrected chi connectivity index (χ2v) is 7.12. The molecule has 0 bridgehead atoms. The van der Waals surface area contributed by atoms with Gasteiger partial charge in [0.2, 0.25) is 0 Å². The van der Waals surface area contributed by atoms with Crippen LogP contribution >= 0.6 is 0 Å². The normalized spacial score (nSPS) is 16.9. The molecule has 0 saturated carbocycles. The number of nitrogens with zero attached hydrogens (tertiary/aromatic N) is 2. The van der Waals surface area contributed by atoms with E-state index < -0.39 is 23.9 Å². The lowest BCUT2D eigenvalue weighted by atomic mass is 10.1. The predicted octanol–water partition coefficient (Wildman–Crippen LogP) is 2.24. The Kier molecular flexibility index (Phi) is 4.92. The number of amides is 3. The molecule has 1 aromatic heterocycles. The zero-order chi connectivity index (χ0) is 20.5. The van der Waals surface area contributed by atoms with E-state index in [0.29, 0.717) is 18.8 Å². The van der Waals surface area contributed by atoms with Gasteiger partial charge in [0.25, 0.3) is 17.7 Å². The summed E-state index contributed by atoms with van der Waals surface area (Å²) < 4.78 is 10.5. The Labute approximate surface area is 167 Å². The van der Waals surface area contributed by atoms with Gasteiger partial charge in [-0.2, -0.15) is 0 Å². The summed E-state index contributed by atoms with van der Waals surface area (Å²) in [5.41, 5.74) is 0.472. The number of fused-ring (bicyclic) bond motifs is 1. The summed E-state index contributed by atoms with van der Waals surface area (Å²) in [6, 6.07) is 7.54. The van der Waals surface area contributed by atoms with Crippen molar-refractivity contribution in [3.63, 3.8) is 0 Å². The number of likely N-dealkylation sites (tertiary alicyclic amines) is 1. The topological polar surface area (TPSA) is 97.1 Å². The monoisotopic (exact) mass is 396 g/mol. The van der Waals surface area contributed by atoms with E-state index in [-0.39, 0.29) is 29.1 Å². The van der Waals surface area contributed by atoms with E-state index in [2.05, 4.69) is 0 Å². The molecule has 2 aliphatic rings. The zero-order valence-electron chi connectivity index (χ0n) is 15.9. The minimum Gasteiger partial charge on any atom is -0.467 e. The first-order valence-corrected chi connectivity index (χ1v) is 9.48. The van der Waals surface area contributed by atoms with Crippen molar-refractivity contribution in [2.24, 2.45) is 0 Å². The smallest absolute Gasteiger partial charge is 0.338 e. The van der Waals surface area contributed by atoms with Crippen molar-refractivity contribution in [2.75, 3.05) is 13.1 Å². The Morgan fingerprint density at radius 3 is 2.52 bits per heavy atom. The number of hydrogen-bond acceptors (Lipinski definition) is 6. The molecule has 150 valence electrons. The second-order valence-electron chi connectivity index (χ2n) is 7.12. The highest BCUT2D eigenvalue weighted by atomic mass is 16.5. The fraction of sp³-hybridized carbons (Fsp3) is 0.333. The lowest BCUT2D eigenvalue weighted by Crippen LogP contribution is -2.38. The van der Waals surface area contributed by atoms with Crippen molar-refractivity contribution >= 4 is 23.7 Å². The molecule has 0 aliphatic carbocycles. The van der Waals surface area contributed by atoms with Gasteiger partial charge in [-0.05, 0) is 50.1 Å². The number of esters is 1. The van der Waals surface area contributed by atoms with Gasteiger partial charge in [-0.1, -0.05) is 0 Å². The largest absolute Gasteiger partial charge is 0.467 e. The molecule has 8 nitrogen and oxygen atoms in total. The standard InChI is InChI=1S/C21H20N2O6/c1-13(18(24)22-8-2-3-9-22)29-21(27)14-6-7-16-17(11-14)20(26)23(19(16)25)12-15-5-4-10-28-15/h4-7,10-11,13H,2-3,8-9,12H2,1H3/t13-/m0/s1. The second kappa shape index (κ2) is 7.54. The molecule has 8 heteroatoms. The van der Waals surface area contributed by atoms with E-state index in [1.165, 1.54) is 31.4 Å². The van der Waals surface area contributed by atoms with Crippen molar-refractivity contribution in [1.82, 2.24) is 9.80 Å². The molecule has 0 radical (unpaired) electrons. The van der Waals surface area contributed by atoms with Crippen LogP contribution in [-0.2, 0) is 16.1 Å². The number of furan rings is 1. The molecule has 29 heavy (non-hydrogen) atoms. The number of rotatable bonds is 5. The molecule has 1 fully saturated rings. The van der Waals surface area contributed by atoms with Crippen LogP contribution in [0.4, 0.5) is 0 Å². The zero-order valence-corrected chi connectivity index (χ0v) is 15.9. The fourth-order valence-electron chi connectivity index (χ4n) is 3.59. The molecule has 1 saturated heterocycles. The van der Waals surface area contributed by atoms with Crippen molar-refractivity contribution in [1.29, 1.82) is 0 Å². The van der Waals surface area contributed by atoms with Crippen LogP contribution in [0, 0.1) is 0 Å². The first-order valence-electron chi connectivity index (χ1n) is 9.48. The molecular weight excluding hydrogens is 376 g/mol. The van der Waals surface area contributed by atoms with Gasteiger partial charge in [0.15, 0.2) is 6.10 Å². The van der Waals surface area contributed by atoms with Crippen LogP contribution in [0.15, 0.2) is 41.0 Å². The molecule has 1 aromatic carbocycles. The maximum absolute atomic E-state index is 12.7. The molecule has 2 aliphatic heterocycles. The summed E-state index contributed by atoms with van der Waals surface area (Å²) in [5.74, 6) is -1.41. The number of ether oxygens (including phenoxy) is 1. The predicted molar refractivity (Wildman–Crippen MR) is 100 cm³/mol. The number of benzene rings is 1. The molecule has 0 N–H and O–H groups in total. The van der Waals surface area contributed by atoms with Crippen LogP contribution in [0.25, 0.3) is 0 Å². The third kappa shape index (κ3) is 3.53. The summed E-state index contributed by atoms with van der Waals surface area (Å²) in [4.78, 5) is 52.7. The molecule has 3 heterocycles. The van der Waals surface area contributed by atoms with Crippen molar-refractivity contribution < 1.29 is 28.3 Å². The summed E-state index contributed by atoms with van der Waals surface area (Å²) in [5, 5.41) is 0. The quantitative estimate of drug-likeness (QED) is 0.568. The molecular formula is C21H20N2O6. The Balaban J connectivity index is 1.48. The third-order valence-electron chi connectivity index (χ3n) is 5.15. The maximum Gasteiger partial charge on any atom is 0.338 e. The van der Waals surface area contributed by atoms with Crippen LogP contribution in [0.2, 0.25) is 0 Å². The fourth-order valence-corrected chi connectivity index (χ4v) is 3.59. The molecule has 0 spiro atoms. The van der Waals surface area contributed by atoms with Crippen LogP contribution in [0.1, 0.15) is 56.6 Å². The number of carbonyl (C=O) groups excluding carboxylic acids is 4. The van der Waals surface area contributed by atoms with Gasteiger partial charge >= 0.3 is 5.97 Å². The molecule has 3 amide bonds. The van der Waals surface area contributed by atoms with Crippen molar-refractivity contribution in [3.05, 3.63) is 59.0 Å². The van der Waals surface area contributed by atoms with Gasteiger partial charge in [0.05, 0.1) is 29.5 Å². The summed E-state index contributed by atoms with van der Waals surface area (Å²) >= 11 is 0. The first-order chi connectivity index (χ1) is 14.0. The number of imide groups is 1. The van der Waals surface area contributed by atoms with E-state index >= 15 is 0 Å². The third-order valence-corrected chi connectivity index (χ3v) is 5.15.